The van der Waals surface area contributed by atoms with E-state index in [9.17, 15) is 4.79 Å². The van der Waals surface area contributed by atoms with Crippen LogP contribution in [0, 0.1) is 0 Å². The van der Waals surface area contributed by atoms with Gasteiger partial charge in [-0.05, 0) is 12.8 Å². The van der Waals surface area contributed by atoms with Crippen molar-refractivity contribution in [2.75, 3.05) is 11.5 Å². The summed E-state index contributed by atoms with van der Waals surface area (Å²) in [7, 11) is 3.78. The summed E-state index contributed by atoms with van der Waals surface area (Å²) in [6, 6.07) is 0. The van der Waals surface area contributed by atoms with Crippen LogP contribution in [0.4, 0.5) is 0 Å². The van der Waals surface area contributed by atoms with E-state index in [2.05, 4.69) is 6.92 Å². The predicted molar refractivity (Wildman–Crippen MR) is 50.5 cm³/mol. The third-order valence-corrected chi connectivity index (χ3v) is 3.62. The van der Waals surface area contributed by atoms with Gasteiger partial charge in [-0.1, -0.05) is 28.5 Å². The topological polar surface area (TPSA) is 17.1 Å². The molecule has 0 aliphatic rings. The molecule has 0 bridgehead atoms. The zero-order chi connectivity index (χ0) is 7.66. The van der Waals surface area contributed by atoms with Crippen LogP contribution in [-0.2, 0) is 4.79 Å². The number of carbonyl (C=O) groups excluding carboxylic acids is 1. The van der Waals surface area contributed by atoms with Gasteiger partial charge in [0.05, 0.1) is 0 Å². The average Bonchev–Trinajstić information content (AvgIpc) is 1.97. The van der Waals surface area contributed by atoms with Crippen LogP contribution >= 0.6 is 21.6 Å². The summed E-state index contributed by atoms with van der Waals surface area (Å²) in [6.45, 7) is 2.18. The first-order chi connectivity index (χ1) is 4.91. The molecule has 0 spiro atoms. The summed E-state index contributed by atoms with van der Waals surface area (Å²) < 4.78 is 0. The summed E-state index contributed by atoms with van der Waals surface area (Å²) in [5, 5.41) is 0. The third kappa shape index (κ3) is 8.37. The van der Waals surface area contributed by atoms with E-state index < -0.39 is 0 Å². The molecule has 10 heavy (non-hydrogen) atoms. The molecule has 0 amide bonds. The second kappa shape index (κ2) is 9.37. The molecule has 1 nitrogen and oxygen atoms in total. The zero-order valence-electron chi connectivity index (χ0n) is 6.34. The second-order valence-electron chi connectivity index (χ2n) is 1.95. The summed E-state index contributed by atoms with van der Waals surface area (Å²) >= 11 is 0. The first-order valence-corrected chi connectivity index (χ1v) is 6.08. The molecule has 0 aromatic heterocycles. The Labute approximate surface area is 70.7 Å². The highest BCUT2D eigenvalue weighted by atomic mass is 33.1. The van der Waals surface area contributed by atoms with Crippen LogP contribution in [0.1, 0.15) is 26.2 Å². The van der Waals surface area contributed by atoms with Crippen molar-refractivity contribution in [2.45, 2.75) is 26.2 Å². The largest absolute Gasteiger partial charge is 0.303 e. The Kier molecular flexibility index (Phi) is 9.72. The Bertz CT molecular complexity index is 76.0. The van der Waals surface area contributed by atoms with Crippen molar-refractivity contribution in [1.82, 2.24) is 0 Å². The van der Waals surface area contributed by atoms with Crippen molar-refractivity contribution in [3.8, 4) is 0 Å². The van der Waals surface area contributed by atoms with Crippen molar-refractivity contribution in [1.29, 1.82) is 0 Å². The van der Waals surface area contributed by atoms with E-state index in [1.807, 2.05) is 21.6 Å². The number of carbonyl (C=O) groups is 1. The lowest BCUT2D eigenvalue weighted by atomic mass is 10.4. The highest BCUT2D eigenvalue weighted by molar-refractivity contribution is 8.76. The standard InChI is InChI=1S/C7H14OS2/c1-2-6-9-10-7-4-3-5-8/h5H,2-4,6-7H2,1H3. The molecule has 0 fully saturated rings. The number of hydrogen-bond donors (Lipinski definition) is 0. The van der Waals surface area contributed by atoms with Gasteiger partial charge in [0, 0.05) is 17.9 Å². The summed E-state index contributed by atoms with van der Waals surface area (Å²) in [4.78, 5) is 9.88. The molecule has 0 aromatic carbocycles. The number of rotatable bonds is 7. The lowest BCUT2D eigenvalue weighted by Crippen LogP contribution is -1.79. The van der Waals surface area contributed by atoms with Crippen LogP contribution < -0.4 is 0 Å². The summed E-state index contributed by atoms with van der Waals surface area (Å²) in [5.74, 6) is 2.34. The molecular formula is C7H14OS2. The fraction of sp³-hybridized carbons (Fsp3) is 0.857. The van der Waals surface area contributed by atoms with E-state index in [0.29, 0.717) is 0 Å². The van der Waals surface area contributed by atoms with E-state index in [0.717, 1.165) is 24.9 Å². The van der Waals surface area contributed by atoms with Crippen LogP contribution in [0.15, 0.2) is 0 Å². The number of hydrogen-bond acceptors (Lipinski definition) is 3. The molecule has 0 rings (SSSR count). The third-order valence-electron chi connectivity index (χ3n) is 0.920. The van der Waals surface area contributed by atoms with E-state index in [4.69, 9.17) is 0 Å². The molecule has 0 saturated carbocycles. The van der Waals surface area contributed by atoms with Gasteiger partial charge in [-0.25, -0.2) is 0 Å². The van der Waals surface area contributed by atoms with Crippen LogP contribution in [-0.4, -0.2) is 17.8 Å². The monoisotopic (exact) mass is 178 g/mol. The Morgan fingerprint density at radius 1 is 1.30 bits per heavy atom. The van der Waals surface area contributed by atoms with Crippen molar-refractivity contribution in [2.24, 2.45) is 0 Å². The van der Waals surface area contributed by atoms with Crippen LogP contribution in [0.2, 0.25) is 0 Å². The molecule has 3 heteroatoms. The molecule has 0 atom stereocenters. The fourth-order valence-corrected chi connectivity index (χ4v) is 2.67. The van der Waals surface area contributed by atoms with Crippen molar-refractivity contribution in [3.63, 3.8) is 0 Å². The van der Waals surface area contributed by atoms with Crippen LogP contribution in [0.25, 0.3) is 0 Å². The van der Waals surface area contributed by atoms with Crippen molar-refractivity contribution < 1.29 is 4.79 Å². The highest BCUT2D eigenvalue weighted by Crippen LogP contribution is 2.22. The Balaban J connectivity index is 2.70. The van der Waals surface area contributed by atoms with Crippen LogP contribution in [0.5, 0.6) is 0 Å². The Hall–Kier alpha value is 0.370. The highest BCUT2D eigenvalue weighted by Gasteiger charge is 1.88. The second-order valence-corrected chi connectivity index (χ2v) is 4.65. The molecule has 0 N–H and O–H groups in total. The molecule has 0 aliphatic heterocycles. The molecule has 0 heterocycles. The lowest BCUT2D eigenvalue weighted by Gasteiger charge is -1.95. The molecule has 0 radical (unpaired) electrons. The Morgan fingerprint density at radius 2 is 2.00 bits per heavy atom. The first-order valence-electron chi connectivity index (χ1n) is 3.60. The van der Waals surface area contributed by atoms with Gasteiger partial charge in [-0.3, -0.25) is 0 Å². The maximum absolute atomic E-state index is 9.88. The van der Waals surface area contributed by atoms with Gasteiger partial charge in [-0.2, -0.15) is 0 Å². The molecular weight excluding hydrogens is 164 g/mol. The van der Waals surface area contributed by atoms with E-state index >= 15 is 0 Å². The molecule has 0 unspecified atom stereocenters. The van der Waals surface area contributed by atoms with Gasteiger partial charge in [-0.15, -0.1) is 0 Å². The van der Waals surface area contributed by atoms with Gasteiger partial charge >= 0.3 is 0 Å². The number of unbranched alkanes of at least 4 members (excludes halogenated alkanes) is 1. The maximum atomic E-state index is 9.88. The predicted octanol–water partition coefficient (Wildman–Crippen LogP) is 2.76. The minimum absolute atomic E-state index is 0.722. The van der Waals surface area contributed by atoms with Crippen LogP contribution in [0.3, 0.4) is 0 Å². The smallest absolute Gasteiger partial charge is 0.120 e. The quantitative estimate of drug-likeness (QED) is 0.339. The molecule has 0 saturated heterocycles. The van der Waals surface area contributed by atoms with Gasteiger partial charge in [0.25, 0.3) is 0 Å². The normalized spacial score (nSPS) is 9.70. The lowest BCUT2D eigenvalue weighted by molar-refractivity contribution is -0.107. The Morgan fingerprint density at radius 3 is 2.60 bits per heavy atom. The fourth-order valence-electron chi connectivity index (χ4n) is 0.427. The molecule has 0 aromatic rings. The van der Waals surface area contributed by atoms with E-state index in [1.165, 1.54) is 12.2 Å². The minimum Gasteiger partial charge on any atom is -0.303 e. The van der Waals surface area contributed by atoms with Gasteiger partial charge < -0.3 is 4.79 Å². The van der Waals surface area contributed by atoms with E-state index in [1.54, 1.807) is 0 Å². The summed E-state index contributed by atoms with van der Waals surface area (Å²) in [5.41, 5.74) is 0. The SMILES string of the molecule is CCCSSCCCC=O. The zero-order valence-corrected chi connectivity index (χ0v) is 7.97. The molecule has 60 valence electrons. The number of aldehydes is 1. The van der Waals surface area contributed by atoms with Gasteiger partial charge in [0.1, 0.15) is 6.29 Å². The average molecular weight is 178 g/mol. The first kappa shape index (κ1) is 10.4. The van der Waals surface area contributed by atoms with Crippen molar-refractivity contribution >= 4 is 27.9 Å². The minimum atomic E-state index is 0.722. The van der Waals surface area contributed by atoms with E-state index in [-0.39, 0.29) is 0 Å². The molecule has 0 aliphatic carbocycles. The van der Waals surface area contributed by atoms with Crippen molar-refractivity contribution in [3.05, 3.63) is 0 Å². The van der Waals surface area contributed by atoms with Gasteiger partial charge in [0.2, 0.25) is 0 Å². The summed E-state index contributed by atoms with van der Waals surface area (Å²) in [6.07, 6.45) is 3.99. The maximum Gasteiger partial charge on any atom is 0.120 e. The van der Waals surface area contributed by atoms with Gasteiger partial charge in [0.15, 0.2) is 0 Å².